The third-order valence-electron chi connectivity index (χ3n) is 5.21. The monoisotopic (exact) mass is 437 g/mol. The number of methoxy groups -OCH3 is 2. The average molecular weight is 437 g/mol. The van der Waals surface area contributed by atoms with Gasteiger partial charge in [0.15, 0.2) is 17.6 Å². The summed E-state index contributed by atoms with van der Waals surface area (Å²) < 4.78 is 16.2. The van der Waals surface area contributed by atoms with Gasteiger partial charge in [0.25, 0.3) is 12.4 Å². The van der Waals surface area contributed by atoms with Gasteiger partial charge in [0.1, 0.15) is 6.61 Å². The van der Waals surface area contributed by atoms with Crippen LogP contribution in [0.2, 0.25) is 0 Å². The van der Waals surface area contributed by atoms with Gasteiger partial charge < -0.3 is 34.9 Å². The molecule has 0 spiro atoms. The minimum Gasteiger partial charge on any atom is -0.493 e. The number of carbonyl (C=O) groups excluding carboxylic acids is 2. The molecule has 172 valence electrons. The SMILES string of the molecule is COc1ccc([C@H]2NC(=O)CO[C@@H]2C(=O)NCCN2CCCCC2)cc1OC.O=CO. The summed E-state index contributed by atoms with van der Waals surface area (Å²) in [5.41, 5.74) is 0.724. The van der Waals surface area contributed by atoms with E-state index in [1.165, 1.54) is 19.3 Å². The molecule has 0 bridgehead atoms. The van der Waals surface area contributed by atoms with E-state index in [1.54, 1.807) is 32.4 Å². The van der Waals surface area contributed by atoms with Gasteiger partial charge in [0.2, 0.25) is 5.91 Å². The maximum absolute atomic E-state index is 12.7. The van der Waals surface area contributed by atoms with Gasteiger partial charge in [-0.1, -0.05) is 12.5 Å². The molecule has 10 nitrogen and oxygen atoms in total. The van der Waals surface area contributed by atoms with Crippen LogP contribution in [0.4, 0.5) is 0 Å². The van der Waals surface area contributed by atoms with Crippen LogP contribution >= 0.6 is 0 Å². The summed E-state index contributed by atoms with van der Waals surface area (Å²) in [4.78, 5) is 35.3. The first-order valence-electron chi connectivity index (χ1n) is 10.2. The van der Waals surface area contributed by atoms with Crippen LogP contribution in [0.1, 0.15) is 30.9 Å². The van der Waals surface area contributed by atoms with Crippen molar-refractivity contribution in [2.75, 3.05) is 47.0 Å². The number of morpholine rings is 1. The van der Waals surface area contributed by atoms with Crippen LogP contribution in [0.5, 0.6) is 11.5 Å². The fraction of sp³-hybridized carbons (Fsp3) is 0.571. The number of nitrogens with zero attached hydrogens (tertiary/aromatic N) is 1. The summed E-state index contributed by atoms with van der Waals surface area (Å²) in [5.74, 6) is 0.634. The number of amides is 2. The molecule has 3 N–H and O–H groups in total. The highest BCUT2D eigenvalue weighted by Crippen LogP contribution is 2.32. The Kier molecular flexibility index (Phi) is 10.0. The van der Waals surface area contributed by atoms with Crippen LogP contribution < -0.4 is 20.1 Å². The van der Waals surface area contributed by atoms with Gasteiger partial charge >= 0.3 is 0 Å². The van der Waals surface area contributed by atoms with Crippen molar-refractivity contribution in [2.24, 2.45) is 0 Å². The van der Waals surface area contributed by atoms with Crippen LogP contribution in [0.25, 0.3) is 0 Å². The number of piperidine rings is 1. The second-order valence-corrected chi connectivity index (χ2v) is 7.19. The molecule has 1 aromatic rings. The molecule has 2 amide bonds. The number of nitrogens with one attached hydrogen (secondary N) is 2. The maximum Gasteiger partial charge on any atom is 0.290 e. The zero-order chi connectivity index (χ0) is 22.6. The largest absolute Gasteiger partial charge is 0.493 e. The third-order valence-corrected chi connectivity index (χ3v) is 5.21. The molecule has 3 rings (SSSR count). The van der Waals surface area contributed by atoms with Crippen molar-refractivity contribution < 1.29 is 33.7 Å². The van der Waals surface area contributed by atoms with E-state index < -0.39 is 12.1 Å². The van der Waals surface area contributed by atoms with Gasteiger partial charge in [-0.2, -0.15) is 0 Å². The van der Waals surface area contributed by atoms with E-state index in [9.17, 15) is 9.59 Å². The van der Waals surface area contributed by atoms with E-state index in [-0.39, 0.29) is 24.9 Å². The molecule has 0 unspecified atom stereocenters. The third kappa shape index (κ3) is 7.11. The number of hydrogen-bond acceptors (Lipinski definition) is 7. The van der Waals surface area contributed by atoms with Gasteiger partial charge in [0, 0.05) is 13.1 Å². The van der Waals surface area contributed by atoms with E-state index in [4.69, 9.17) is 24.1 Å². The molecule has 2 fully saturated rings. The van der Waals surface area contributed by atoms with Crippen LogP contribution in [-0.2, 0) is 19.1 Å². The lowest BCUT2D eigenvalue weighted by atomic mass is 9.98. The molecule has 10 heteroatoms. The van der Waals surface area contributed by atoms with Crippen molar-refractivity contribution >= 4 is 18.3 Å². The Morgan fingerprint density at radius 3 is 2.58 bits per heavy atom. The standard InChI is InChI=1S/C20H29N3O5.CH2O2/c1-26-15-7-6-14(12-16(15)27-2)18-19(28-13-17(24)22-18)20(25)21-8-11-23-9-4-3-5-10-23;2-1-3/h6-7,12,18-19H,3-5,8-11,13H2,1-2H3,(H,21,25)(H,22,24);1H,(H,2,3)/t18-,19+;/m1./s1. The van der Waals surface area contributed by atoms with Gasteiger partial charge in [-0.3, -0.25) is 14.4 Å². The van der Waals surface area contributed by atoms with Crippen molar-refractivity contribution in [3.8, 4) is 11.5 Å². The number of carboxylic acid groups (broad SMARTS) is 1. The highest BCUT2D eigenvalue weighted by atomic mass is 16.5. The molecule has 2 saturated heterocycles. The van der Waals surface area contributed by atoms with Gasteiger partial charge in [-0.25, -0.2) is 0 Å². The Balaban J connectivity index is 0.00000107. The molecule has 0 radical (unpaired) electrons. The Labute approximate surface area is 181 Å². The summed E-state index contributed by atoms with van der Waals surface area (Å²) in [6.07, 6.45) is 2.92. The summed E-state index contributed by atoms with van der Waals surface area (Å²) in [6.45, 7) is 3.17. The fourth-order valence-electron chi connectivity index (χ4n) is 3.70. The predicted molar refractivity (Wildman–Crippen MR) is 112 cm³/mol. The number of benzene rings is 1. The molecule has 2 aliphatic heterocycles. The van der Waals surface area contributed by atoms with Crippen LogP contribution in [0.3, 0.4) is 0 Å². The lowest BCUT2D eigenvalue weighted by molar-refractivity contribution is -0.148. The Morgan fingerprint density at radius 1 is 1.26 bits per heavy atom. The van der Waals surface area contributed by atoms with Crippen molar-refractivity contribution in [1.82, 2.24) is 15.5 Å². The van der Waals surface area contributed by atoms with E-state index in [2.05, 4.69) is 15.5 Å². The number of likely N-dealkylation sites (tertiary alicyclic amines) is 1. The molecular weight excluding hydrogens is 406 g/mol. The highest BCUT2D eigenvalue weighted by Gasteiger charge is 2.36. The lowest BCUT2D eigenvalue weighted by Gasteiger charge is -2.32. The molecular formula is C21H31N3O7. The fourth-order valence-corrected chi connectivity index (χ4v) is 3.70. The minimum absolute atomic E-state index is 0.131. The molecule has 2 heterocycles. The Hall–Kier alpha value is -2.85. The van der Waals surface area contributed by atoms with Crippen molar-refractivity contribution in [3.05, 3.63) is 23.8 Å². The maximum atomic E-state index is 12.7. The Bertz CT molecular complexity index is 738. The van der Waals surface area contributed by atoms with Gasteiger partial charge in [-0.05, 0) is 43.6 Å². The predicted octanol–water partition coefficient (Wildman–Crippen LogP) is 0.563. The van der Waals surface area contributed by atoms with Crippen molar-refractivity contribution in [1.29, 1.82) is 0 Å². The normalized spacial score (nSPS) is 21.2. The zero-order valence-corrected chi connectivity index (χ0v) is 18.0. The second kappa shape index (κ2) is 12.8. The summed E-state index contributed by atoms with van der Waals surface area (Å²) in [6, 6.07) is 4.72. The lowest BCUT2D eigenvalue weighted by Crippen LogP contribution is -2.53. The molecule has 31 heavy (non-hydrogen) atoms. The summed E-state index contributed by atoms with van der Waals surface area (Å²) in [7, 11) is 3.10. The topological polar surface area (TPSA) is 126 Å². The van der Waals surface area contributed by atoms with Crippen LogP contribution in [-0.4, -0.2) is 81.4 Å². The second-order valence-electron chi connectivity index (χ2n) is 7.19. The first-order chi connectivity index (χ1) is 15.0. The Morgan fingerprint density at radius 2 is 1.94 bits per heavy atom. The van der Waals surface area contributed by atoms with Crippen LogP contribution in [0, 0.1) is 0 Å². The smallest absolute Gasteiger partial charge is 0.290 e. The summed E-state index contributed by atoms with van der Waals surface area (Å²) in [5, 5.41) is 12.7. The number of rotatable bonds is 7. The van der Waals surface area contributed by atoms with Crippen molar-refractivity contribution in [2.45, 2.75) is 31.4 Å². The first-order valence-corrected chi connectivity index (χ1v) is 10.2. The van der Waals surface area contributed by atoms with Gasteiger partial charge in [0.05, 0.1) is 20.3 Å². The molecule has 2 atom stereocenters. The number of carbonyl (C=O) groups is 3. The molecule has 2 aliphatic rings. The number of ether oxygens (including phenoxy) is 3. The number of hydrogen-bond donors (Lipinski definition) is 3. The minimum atomic E-state index is -0.794. The molecule has 0 aromatic heterocycles. The average Bonchev–Trinajstić information content (AvgIpc) is 2.79. The van der Waals surface area contributed by atoms with E-state index in [0.717, 1.165) is 25.2 Å². The molecule has 0 aliphatic carbocycles. The first kappa shape index (κ1) is 24.4. The molecule has 1 aromatic carbocycles. The quantitative estimate of drug-likeness (QED) is 0.529. The summed E-state index contributed by atoms with van der Waals surface area (Å²) >= 11 is 0. The zero-order valence-electron chi connectivity index (χ0n) is 18.0. The van der Waals surface area contributed by atoms with E-state index in [1.807, 2.05) is 0 Å². The van der Waals surface area contributed by atoms with E-state index >= 15 is 0 Å². The highest BCUT2D eigenvalue weighted by molar-refractivity contribution is 5.86. The molecule has 0 saturated carbocycles. The van der Waals surface area contributed by atoms with Gasteiger partial charge in [-0.15, -0.1) is 0 Å². The van der Waals surface area contributed by atoms with E-state index in [0.29, 0.717) is 18.0 Å². The van der Waals surface area contributed by atoms with Crippen molar-refractivity contribution in [3.63, 3.8) is 0 Å². The van der Waals surface area contributed by atoms with Crippen LogP contribution in [0.15, 0.2) is 18.2 Å².